The lowest BCUT2D eigenvalue weighted by Crippen LogP contribution is -2.49. The van der Waals surface area contributed by atoms with E-state index in [9.17, 15) is 4.79 Å². The quantitative estimate of drug-likeness (QED) is 0.732. The lowest BCUT2D eigenvalue weighted by molar-refractivity contribution is 0.0603. The second-order valence-electron chi connectivity index (χ2n) is 6.73. The van der Waals surface area contributed by atoms with Gasteiger partial charge in [0.2, 0.25) is 5.82 Å². The Kier molecular flexibility index (Phi) is 5.45. The molecule has 1 aliphatic heterocycles. The highest BCUT2D eigenvalue weighted by Gasteiger charge is 2.26. The van der Waals surface area contributed by atoms with E-state index in [1.807, 2.05) is 60.7 Å². The number of amides is 1. The Morgan fingerprint density at radius 3 is 2.21 bits per heavy atom. The highest BCUT2D eigenvalue weighted by molar-refractivity contribution is 5.91. The molecule has 0 bridgehead atoms. The minimum absolute atomic E-state index is 0.136. The van der Waals surface area contributed by atoms with Crippen LogP contribution in [0.3, 0.4) is 0 Å². The molecule has 28 heavy (non-hydrogen) atoms. The molecule has 1 amide bonds. The molecule has 2 heterocycles. The number of piperazine rings is 1. The molecule has 144 valence electrons. The normalized spacial score (nSPS) is 15.0. The molecule has 1 N–H and O–H groups in total. The van der Waals surface area contributed by atoms with Crippen molar-refractivity contribution in [3.8, 4) is 17.1 Å². The molecule has 0 unspecified atom stereocenters. The van der Waals surface area contributed by atoms with Crippen LogP contribution in [0, 0.1) is 0 Å². The predicted octanol–water partition coefficient (Wildman–Crippen LogP) is 1.68. The Balaban J connectivity index is 1.63. The molecule has 0 atom stereocenters. The molecule has 0 saturated carbocycles. The van der Waals surface area contributed by atoms with Gasteiger partial charge in [0, 0.05) is 38.3 Å². The highest BCUT2D eigenvalue weighted by Crippen LogP contribution is 2.21. The van der Waals surface area contributed by atoms with E-state index >= 15 is 0 Å². The Labute approximate surface area is 163 Å². The molecule has 7 nitrogen and oxygen atoms in total. The standard InChI is InChI=1S/C21H23N5O2/c27-16-15-24-11-13-25(14-12-24)21(28)19-22-20(17-7-3-1-4-8-17)26(23-19)18-9-5-2-6-10-18/h1-10,27H,11-16H2. The molecule has 1 fully saturated rings. The molecule has 7 heteroatoms. The maximum atomic E-state index is 13.0. The van der Waals surface area contributed by atoms with Crippen LogP contribution in [0.2, 0.25) is 0 Å². The van der Waals surface area contributed by atoms with Crippen LogP contribution < -0.4 is 0 Å². The van der Waals surface area contributed by atoms with E-state index in [1.54, 1.807) is 9.58 Å². The van der Waals surface area contributed by atoms with Crippen LogP contribution in [0.15, 0.2) is 60.7 Å². The first-order valence-electron chi connectivity index (χ1n) is 9.46. The third kappa shape index (κ3) is 3.81. The van der Waals surface area contributed by atoms with Crippen molar-refractivity contribution in [2.45, 2.75) is 0 Å². The summed E-state index contributed by atoms with van der Waals surface area (Å²) in [7, 11) is 0. The molecule has 0 aliphatic carbocycles. The lowest BCUT2D eigenvalue weighted by Gasteiger charge is -2.33. The first kappa shape index (κ1) is 18.3. The van der Waals surface area contributed by atoms with Gasteiger partial charge in [0.1, 0.15) is 0 Å². The second kappa shape index (κ2) is 8.33. The van der Waals surface area contributed by atoms with E-state index in [1.165, 1.54) is 0 Å². The SMILES string of the molecule is O=C(c1nc(-c2ccccc2)n(-c2ccccc2)n1)N1CCN(CCO)CC1. The number of rotatable bonds is 5. The van der Waals surface area contributed by atoms with Crippen molar-refractivity contribution >= 4 is 5.91 Å². The average Bonchev–Trinajstić information content (AvgIpc) is 3.21. The maximum Gasteiger partial charge on any atom is 0.293 e. The van der Waals surface area contributed by atoms with Crippen molar-refractivity contribution in [2.24, 2.45) is 0 Å². The Hall–Kier alpha value is -3.03. The third-order valence-electron chi connectivity index (χ3n) is 4.91. The van der Waals surface area contributed by atoms with Crippen molar-refractivity contribution in [1.29, 1.82) is 0 Å². The zero-order chi connectivity index (χ0) is 19.3. The zero-order valence-electron chi connectivity index (χ0n) is 15.6. The van der Waals surface area contributed by atoms with E-state index < -0.39 is 0 Å². The number of aliphatic hydroxyl groups excluding tert-OH is 1. The molecule has 1 saturated heterocycles. The number of hydrogen-bond acceptors (Lipinski definition) is 5. The van der Waals surface area contributed by atoms with Crippen LogP contribution in [0.1, 0.15) is 10.6 Å². The molecule has 2 aromatic carbocycles. The number of benzene rings is 2. The number of carbonyl (C=O) groups excluding carboxylic acids is 1. The summed E-state index contributed by atoms with van der Waals surface area (Å²) in [5.74, 6) is 0.697. The zero-order valence-corrected chi connectivity index (χ0v) is 15.6. The Morgan fingerprint density at radius 1 is 0.929 bits per heavy atom. The van der Waals surface area contributed by atoms with Crippen LogP contribution >= 0.6 is 0 Å². The number of aromatic nitrogens is 3. The monoisotopic (exact) mass is 377 g/mol. The van der Waals surface area contributed by atoms with E-state index in [-0.39, 0.29) is 18.3 Å². The van der Waals surface area contributed by atoms with Crippen LogP contribution in [0.4, 0.5) is 0 Å². The van der Waals surface area contributed by atoms with Crippen LogP contribution in [-0.2, 0) is 0 Å². The minimum Gasteiger partial charge on any atom is -0.395 e. The summed E-state index contributed by atoms with van der Waals surface area (Å²) in [6.45, 7) is 3.49. The largest absolute Gasteiger partial charge is 0.395 e. The van der Waals surface area contributed by atoms with Crippen LogP contribution in [-0.4, -0.2) is 74.9 Å². The van der Waals surface area contributed by atoms with Crippen molar-refractivity contribution in [2.75, 3.05) is 39.3 Å². The fourth-order valence-electron chi connectivity index (χ4n) is 3.38. The number of hydrogen-bond donors (Lipinski definition) is 1. The summed E-state index contributed by atoms with van der Waals surface area (Å²) in [4.78, 5) is 21.5. The van der Waals surface area contributed by atoms with E-state index in [4.69, 9.17) is 5.11 Å². The van der Waals surface area contributed by atoms with Crippen LogP contribution in [0.5, 0.6) is 0 Å². The van der Waals surface area contributed by atoms with Gasteiger partial charge in [-0.15, -0.1) is 5.10 Å². The Bertz CT molecular complexity index is 861. The summed E-state index contributed by atoms with van der Waals surface area (Å²) in [5, 5.41) is 13.6. The third-order valence-corrected chi connectivity index (χ3v) is 4.91. The first-order chi connectivity index (χ1) is 13.8. The summed E-state index contributed by atoms with van der Waals surface area (Å²) >= 11 is 0. The van der Waals surface area contributed by atoms with Crippen molar-refractivity contribution in [3.63, 3.8) is 0 Å². The van der Waals surface area contributed by atoms with Gasteiger partial charge in [-0.2, -0.15) is 0 Å². The van der Waals surface area contributed by atoms with Crippen LogP contribution in [0.25, 0.3) is 17.1 Å². The lowest BCUT2D eigenvalue weighted by atomic mass is 10.2. The van der Waals surface area contributed by atoms with E-state index in [0.717, 1.165) is 24.3 Å². The number of para-hydroxylation sites is 1. The average molecular weight is 377 g/mol. The van der Waals surface area contributed by atoms with Crippen molar-refractivity contribution in [3.05, 3.63) is 66.5 Å². The minimum atomic E-state index is -0.157. The number of β-amino-alcohol motifs (C(OH)–C–C–N with tert-alkyl or cyclic N) is 1. The number of nitrogens with zero attached hydrogens (tertiary/aromatic N) is 5. The molecule has 1 aromatic heterocycles. The molecular formula is C21H23N5O2. The maximum absolute atomic E-state index is 13.0. The fourth-order valence-corrected chi connectivity index (χ4v) is 3.38. The first-order valence-corrected chi connectivity index (χ1v) is 9.46. The van der Waals surface area contributed by atoms with Gasteiger partial charge in [-0.25, -0.2) is 9.67 Å². The van der Waals surface area contributed by atoms with Gasteiger partial charge in [-0.1, -0.05) is 48.5 Å². The predicted molar refractivity (Wildman–Crippen MR) is 106 cm³/mol. The topological polar surface area (TPSA) is 74.5 Å². The summed E-state index contributed by atoms with van der Waals surface area (Å²) in [6.07, 6.45) is 0. The van der Waals surface area contributed by atoms with Gasteiger partial charge in [-0.3, -0.25) is 9.69 Å². The van der Waals surface area contributed by atoms with Gasteiger partial charge >= 0.3 is 0 Å². The summed E-state index contributed by atoms with van der Waals surface area (Å²) in [5.41, 5.74) is 1.77. The summed E-state index contributed by atoms with van der Waals surface area (Å²) < 4.78 is 1.73. The van der Waals surface area contributed by atoms with Gasteiger partial charge in [0.25, 0.3) is 5.91 Å². The Morgan fingerprint density at radius 2 is 1.57 bits per heavy atom. The van der Waals surface area contributed by atoms with Gasteiger partial charge in [0.15, 0.2) is 5.82 Å². The summed E-state index contributed by atoms with van der Waals surface area (Å²) in [6, 6.07) is 19.5. The molecule has 3 aromatic rings. The van der Waals surface area contributed by atoms with Crippen molar-refractivity contribution < 1.29 is 9.90 Å². The molecular weight excluding hydrogens is 354 g/mol. The molecule has 1 aliphatic rings. The van der Waals surface area contributed by atoms with E-state index in [0.29, 0.717) is 25.5 Å². The van der Waals surface area contributed by atoms with Crippen molar-refractivity contribution in [1.82, 2.24) is 24.6 Å². The van der Waals surface area contributed by atoms with Gasteiger partial charge in [0.05, 0.1) is 12.3 Å². The molecule has 4 rings (SSSR count). The van der Waals surface area contributed by atoms with Gasteiger partial charge < -0.3 is 10.0 Å². The van der Waals surface area contributed by atoms with Gasteiger partial charge in [-0.05, 0) is 12.1 Å². The second-order valence-corrected chi connectivity index (χ2v) is 6.73. The highest BCUT2D eigenvalue weighted by atomic mass is 16.3. The van der Waals surface area contributed by atoms with E-state index in [2.05, 4.69) is 15.0 Å². The molecule has 0 radical (unpaired) electrons. The molecule has 0 spiro atoms. The number of aliphatic hydroxyl groups is 1. The number of carbonyl (C=O) groups is 1. The fraction of sp³-hybridized carbons (Fsp3) is 0.286. The smallest absolute Gasteiger partial charge is 0.293 e.